The maximum Gasteiger partial charge on any atom is 0.408 e. The van der Waals surface area contributed by atoms with Crippen LogP contribution in [-0.4, -0.2) is 32.7 Å². The largest absolute Gasteiger partial charge is 0.458 e. The van der Waals surface area contributed by atoms with Gasteiger partial charge in [-0.25, -0.2) is 9.59 Å². The monoisotopic (exact) mass is 599 g/mol. The fourth-order valence-electron chi connectivity index (χ4n) is 4.99. The van der Waals surface area contributed by atoms with E-state index in [1.54, 1.807) is 32.9 Å². The van der Waals surface area contributed by atoms with Crippen molar-refractivity contribution in [1.82, 2.24) is 5.32 Å². The summed E-state index contributed by atoms with van der Waals surface area (Å²) >= 11 is 0. The second-order valence-corrected chi connectivity index (χ2v) is 12.9. The van der Waals surface area contributed by atoms with Crippen LogP contribution in [-0.2, 0) is 24.4 Å². The molecule has 0 saturated heterocycles. The summed E-state index contributed by atoms with van der Waals surface area (Å²) in [4.78, 5) is 26.3. The number of hydrogen-bond acceptors (Lipinski definition) is 7. The van der Waals surface area contributed by atoms with Crippen molar-refractivity contribution in [2.24, 2.45) is 0 Å². The van der Waals surface area contributed by atoms with E-state index in [-0.39, 0.29) is 23.2 Å². The highest BCUT2D eigenvalue weighted by atomic mass is 32.2. The predicted molar refractivity (Wildman–Crippen MR) is 162 cm³/mol. The van der Waals surface area contributed by atoms with E-state index in [1.165, 1.54) is 36.4 Å². The van der Waals surface area contributed by atoms with Crippen LogP contribution in [0.5, 0.6) is 5.75 Å². The first kappa shape index (κ1) is 29.8. The minimum Gasteiger partial charge on any atom is -0.458 e. The number of esters is 1. The van der Waals surface area contributed by atoms with Crippen molar-refractivity contribution in [3.05, 3.63) is 119 Å². The molecule has 4 aromatic carbocycles. The third-order valence-electron chi connectivity index (χ3n) is 6.98. The number of hydrogen-bond donors (Lipinski definition) is 1. The van der Waals surface area contributed by atoms with Gasteiger partial charge in [0.25, 0.3) is 0 Å². The van der Waals surface area contributed by atoms with Crippen molar-refractivity contribution in [3.63, 3.8) is 0 Å². The third-order valence-corrected chi connectivity index (χ3v) is 8.24. The fourth-order valence-corrected chi connectivity index (χ4v) is 5.92. The van der Waals surface area contributed by atoms with Crippen LogP contribution in [0.25, 0.3) is 11.1 Å². The zero-order valence-electron chi connectivity index (χ0n) is 24.4. The van der Waals surface area contributed by atoms with E-state index in [1.807, 2.05) is 55.5 Å². The highest BCUT2D eigenvalue weighted by Gasteiger charge is 2.32. The number of aryl methyl sites for hydroxylation is 1. The third kappa shape index (κ3) is 6.89. The van der Waals surface area contributed by atoms with Crippen LogP contribution in [0.1, 0.15) is 55.0 Å². The van der Waals surface area contributed by atoms with Gasteiger partial charge in [0, 0.05) is 5.92 Å². The molecule has 0 radical (unpaired) electrons. The molecule has 222 valence electrons. The van der Waals surface area contributed by atoms with Crippen molar-refractivity contribution < 1.29 is 31.7 Å². The Morgan fingerprint density at radius 1 is 0.814 bits per heavy atom. The molecule has 0 fully saturated rings. The van der Waals surface area contributed by atoms with Crippen LogP contribution in [0.2, 0.25) is 0 Å². The Morgan fingerprint density at radius 3 is 1.93 bits per heavy atom. The summed E-state index contributed by atoms with van der Waals surface area (Å²) in [7, 11) is -4.06. The summed E-state index contributed by atoms with van der Waals surface area (Å²) in [6.45, 7) is 7.10. The summed E-state index contributed by atoms with van der Waals surface area (Å²) < 4.78 is 41.9. The topological polar surface area (TPSA) is 108 Å². The van der Waals surface area contributed by atoms with Gasteiger partial charge in [0.05, 0.1) is 0 Å². The summed E-state index contributed by atoms with van der Waals surface area (Å²) in [6, 6.07) is 26.9. The van der Waals surface area contributed by atoms with Gasteiger partial charge in [-0.3, -0.25) is 0 Å². The molecule has 1 unspecified atom stereocenters. The lowest BCUT2D eigenvalue weighted by atomic mass is 9.98. The van der Waals surface area contributed by atoms with Gasteiger partial charge >= 0.3 is 22.2 Å². The van der Waals surface area contributed by atoms with E-state index in [0.717, 1.165) is 27.8 Å². The number of alkyl carbamates (subject to hydrolysis) is 1. The summed E-state index contributed by atoms with van der Waals surface area (Å²) in [5.41, 5.74) is 4.80. The van der Waals surface area contributed by atoms with Crippen LogP contribution in [0.3, 0.4) is 0 Å². The molecule has 0 aliphatic heterocycles. The Labute approximate surface area is 251 Å². The maximum atomic E-state index is 13.2. The molecule has 0 spiro atoms. The van der Waals surface area contributed by atoms with Crippen LogP contribution in [0, 0.1) is 6.92 Å². The number of carbonyl (C=O) groups is 2. The Bertz CT molecular complexity index is 1700. The lowest BCUT2D eigenvalue weighted by Crippen LogP contribution is -2.38. The molecular formula is C34H33NO7S. The Kier molecular flexibility index (Phi) is 8.28. The number of carbonyl (C=O) groups excluding carboxylic acids is 2. The van der Waals surface area contributed by atoms with Crippen molar-refractivity contribution in [2.75, 3.05) is 6.61 Å². The number of amides is 1. The lowest BCUT2D eigenvalue weighted by Gasteiger charge is -2.25. The molecular weight excluding hydrogens is 566 g/mol. The first-order valence-corrected chi connectivity index (χ1v) is 15.3. The quantitative estimate of drug-likeness (QED) is 0.178. The minimum absolute atomic E-state index is 0.0192. The number of fused-ring (bicyclic) bond motifs is 3. The van der Waals surface area contributed by atoms with Crippen molar-refractivity contribution >= 4 is 22.2 Å². The second-order valence-electron chi connectivity index (χ2n) is 11.4. The van der Waals surface area contributed by atoms with E-state index in [2.05, 4.69) is 5.32 Å². The van der Waals surface area contributed by atoms with Crippen molar-refractivity contribution in [2.45, 2.75) is 50.2 Å². The highest BCUT2D eigenvalue weighted by molar-refractivity contribution is 7.87. The average Bonchev–Trinajstić information content (AvgIpc) is 3.28. The zero-order chi connectivity index (χ0) is 30.8. The number of nitrogens with one attached hydrogen (secondary N) is 1. The van der Waals surface area contributed by atoms with E-state index in [9.17, 15) is 18.0 Å². The van der Waals surface area contributed by atoms with Gasteiger partial charge < -0.3 is 19.0 Å². The fraction of sp³-hybridized carbons (Fsp3) is 0.235. The molecule has 4 aromatic rings. The molecule has 1 aliphatic carbocycles. The standard InChI is InChI=1S/C34H33NO7S/c1-22-13-19-25(20-14-22)43(38,39)42-24-17-15-23(16-18-24)31(32(36)41-34(2,3)4)35-33(37)40-21-30-28-11-7-5-9-26(28)27-10-6-8-12-29(27)30/h5-20,30-31H,21H2,1-4H3,(H,35,37). The summed E-state index contributed by atoms with van der Waals surface area (Å²) in [6.07, 6.45) is -0.792. The van der Waals surface area contributed by atoms with Crippen molar-refractivity contribution in [1.29, 1.82) is 0 Å². The molecule has 1 N–H and O–H groups in total. The molecule has 9 heteroatoms. The smallest absolute Gasteiger partial charge is 0.408 e. The molecule has 0 heterocycles. The molecule has 43 heavy (non-hydrogen) atoms. The first-order chi connectivity index (χ1) is 20.4. The molecule has 0 bridgehead atoms. The molecule has 1 amide bonds. The predicted octanol–water partition coefficient (Wildman–Crippen LogP) is 6.68. The molecule has 8 nitrogen and oxygen atoms in total. The van der Waals surface area contributed by atoms with Gasteiger partial charge in [0.15, 0.2) is 6.04 Å². The van der Waals surface area contributed by atoms with Gasteiger partial charge in [-0.05, 0) is 79.8 Å². The molecule has 0 aromatic heterocycles. The summed E-state index contributed by atoms with van der Waals surface area (Å²) in [5, 5.41) is 2.63. The van der Waals surface area contributed by atoms with E-state index >= 15 is 0 Å². The van der Waals surface area contributed by atoms with Crippen LogP contribution in [0.15, 0.2) is 102 Å². The number of ether oxygens (including phenoxy) is 2. The van der Waals surface area contributed by atoms with Gasteiger partial charge in [0.2, 0.25) is 0 Å². The summed E-state index contributed by atoms with van der Waals surface area (Å²) in [5.74, 6) is -0.791. The van der Waals surface area contributed by atoms with Crippen LogP contribution >= 0.6 is 0 Å². The van der Waals surface area contributed by atoms with Crippen LogP contribution < -0.4 is 9.50 Å². The number of benzene rings is 4. The maximum absolute atomic E-state index is 13.2. The minimum atomic E-state index is -4.06. The highest BCUT2D eigenvalue weighted by Crippen LogP contribution is 2.44. The zero-order valence-corrected chi connectivity index (χ0v) is 25.2. The van der Waals surface area contributed by atoms with E-state index in [0.29, 0.717) is 5.56 Å². The van der Waals surface area contributed by atoms with Crippen LogP contribution in [0.4, 0.5) is 4.79 Å². The second kappa shape index (κ2) is 11.9. The van der Waals surface area contributed by atoms with Gasteiger partial charge in [-0.15, -0.1) is 0 Å². The number of rotatable bonds is 8. The average molecular weight is 600 g/mol. The Balaban J connectivity index is 1.31. The van der Waals surface area contributed by atoms with Gasteiger partial charge in [0.1, 0.15) is 22.9 Å². The molecule has 1 aliphatic rings. The Morgan fingerprint density at radius 2 is 1.37 bits per heavy atom. The van der Waals surface area contributed by atoms with Crippen molar-refractivity contribution in [3.8, 4) is 16.9 Å². The molecule has 1 atom stereocenters. The Hall–Kier alpha value is -4.63. The van der Waals surface area contributed by atoms with Gasteiger partial charge in [-0.2, -0.15) is 8.42 Å². The van der Waals surface area contributed by atoms with Gasteiger partial charge in [-0.1, -0.05) is 78.4 Å². The normalized spacial score (nSPS) is 13.4. The molecule has 0 saturated carbocycles. The SMILES string of the molecule is Cc1ccc(S(=O)(=O)Oc2ccc(C(NC(=O)OCC3c4ccccc4-c4ccccc43)C(=O)OC(C)(C)C)cc2)cc1. The van der Waals surface area contributed by atoms with E-state index < -0.39 is 33.8 Å². The first-order valence-electron chi connectivity index (χ1n) is 13.9. The lowest BCUT2D eigenvalue weighted by molar-refractivity contribution is -0.157. The molecule has 5 rings (SSSR count). The van der Waals surface area contributed by atoms with E-state index in [4.69, 9.17) is 13.7 Å².